The van der Waals surface area contributed by atoms with E-state index in [1.807, 2.05) is 0 Å². The predicted molar refractivity (Wildman–Crippen MR) is 75.4 cm³/mol. The van der Waals surface area contributed by atoms with Gasteiger partial charge in [0.15, 0.2) is 0 Å². The van der Waals surface area contributed by atoms with E-state index in [2.05, 4.69) is 36.5 Å². The molecule has 2 nitrogen and oxygen atoms in total. The van der Waals surface area contributed by atoms with Gasteiger partial charge in [-0.25, -0.2) is 0 Å². The van der Waals surface area contributed by atoms with Gasteiger partial charge in [0.1, 0.15) is 0 Å². The van der Waals surface area contributed by atoms with Crippen molar-refractivity contribution in [3.63, 3.8) is 0 Å². The third-order valence-electron chi connectivity index (χ3n) is 3.97. The molecule has 1 unspecified atom stereocenters. The molecule has 1 fully saturated rings. The molecule has 0 radical (unpaired) electrons. The van der Waals surface area contributed by atoms with Crippen LogP contribution in [-0.4, -0.2) is 13.2 Å². The van der Waals surface area contributed by atoms with Crippen molar-refractivity contribution < 1.29 is 4.74 Å². The van der Waals surface area contributed by atoms with Crippen molar-refractivity contribution >= 4 is 0 Å². The first-order valence-electron chi connectivity index (χ1n) is 7.08. The van der Waals surface area contributed by atoms with E-state index < -0.39 is 0 Å². The van der Waals surface area contributed by atoms with Gasteiger partial charge in [-0.05, 0) is 30.4 Å². The summed E-state index contributed by atoms with van der Waals surface area (Å²) in [4.78, 5) is 0. The molecule has 0 heterocycles. The summed E-state index contributed by atoms with van der Waals surface area (Å²) in [5, 5.41) is 3.64. The number of benzene rings is 1. The van der Waals surface area contributed by atoms with Crippen LogP contribution in [0.4, 0.5) is 0 Å². The fraction of sp³-hybridized carbons (Fsp3) is 0.625. The van der Waals surface area contributed by atoms with E-state index >= 15 is 0 Å². The number of methoxy groups -OCH3 is 1. The lowest BCUT2D eigenvalue weighted by atomic mass is 9.81. The average molecular weight is 247 g/mol. The second kappa shape index (κ2) is 6.91. The van der Waals surface area contributed by atoms with Crippen LogP contribution in [0.3, 0.4) is 0 Å². The molecular weight excluding hydrogens is 222 g/mol. The van der Waals surface area contributed by atoms with Gasteiger partial charge in [-0.15, -0.1) is 0 Å². The second-order valence-electron chi connectivity index (χ2n) is 5.52. The third-order valence-corrected chi connectivity index (χ3v) is 3.97. The number of hydrogen-bond donors (Lipinski definition) is 1. The van der Waals surface area contributed by atoms with E-state index in [0.717, 1.165) is 12.5 Å². The molecule has 1 atom stereocenters. The zero-order valence-electron chi connectivity index (χ0n) is 11.6. The largest absolute Gasteiger partial charge is 0.380 e. The molecule has 1 aliphatic rings. The normalized spacial score (nSPS) is 17.4. The van der Waals surface area contributed by atoms with Crippen molar-refractivity contribution in [3.05, 3.63) is 35.4 Å². The smallest absolute Gasteiger partial charge is 0.0716 e. The van der Waals surface area contributed by atoms with Gasteiger partial charge in [0.05, 0.1) is 6.61 Å². The third kappa shape index (κ3) is 3.82. The van der Waals surface area contributed by atoms with Crippen LogP contribution in [0.2, 0.25) is 0 Å². The SMILES string of the molecule is COCc1ccccc1CNC(C)CC1CCC1. The van der Waals surface area contributed by atoms with Crippen LogP contribution in [0.1, 0.15) is 43.7 Å². The molecule has 0 aliphatic heterocycles. The number of ether oxygens (including phenoxy) is 1. The molecule has 0 aromatic heterocycles. The molecule has 18 heavy (non-hydrogen) atoms. The van der Waals surface area contributed by atoms with Crippen LogP contribution in [0.15, 0.2) is 24.3 Å². The van der Waals surface area contributed by atoms with Crippen molar-refractivity contribution in [1.82, 2.24) is 5.32 Å². The summed E-state index contributed by atoms with van der Waals surface area (Å²) < 4.78 is 5.24. The van der Waals surface area contributed by atoms with Crippen LogP contribution >= 0.6 is 0 Å². The van der Waals surface area contributed by atoms with Crippen molar-refractivity contribution in [2.75, 3.05) is 7.11 Å². The Kier molecular flexibility index (Phi) is 5.21. The molecule has 0 saturated heterocycles. The first-order valence-corrected chi connectivity index (χ1v) is 7.08. The number of nitrogens with one attached hydrogen (secondary N) is 1. The van der Waals surface area contributed by atoms with E-state index in [4.69, 9.17) is 4.74 Å². The Balaban J connectivity index is 1.80. The quantitative estimate of drug-likeness (QED) is 0.796. The molecule has 1 saturated carbocycles. The molecular formula is C16H25NO. The van der Waals surface area contributed by atoms with E-state index in [1.54, 1.807) is 7.11 Å². The van der Waals surface area contributed by atoms with E-state index in [9.17, 15) is 0 Å². The number of hydrogen-bond acceptors (Lipinski definition) is 2. The zero-order valence-corrected chi connectivity index (χ0v) is 11.6. The Morgan fingerprint density at radius 1 is 1.28 bits per heavy atom. The lowest BCUT2D eigenvalue weighted by Crippen LogP contribution is -2.30. The van der Waals surface area contributed by atoms with Crippen molar-refractivity contribution in [1.29, 1.82) is 0 Å². The standard InChI is InChI=1S/C16H25NO/c1-13(10-14-6-5-7-14)17-11-15-8-3-4-9-16(15)12-18-2/h3-4,8-9,13-14,17H,5-7,10-12H2,1-2H3. The highest BCUT2D eigenvalue weighted by atomic mass is 16.5. The summed E-state index contributed by atoms with van der Waals surface area (Å²) in [6, 6.07) is 9.14. The molecule has 0 spiro atoms. The van der Waals surface area contributed by atoms with Gasteiger partial charge in [-0.1, -0.05) is 43.5 Å². The molecule has 1 N–H and O–H groups in total. The minimum absolute atomic E-state index is 0.617. The lowest BCUT2D eigenvalue weighted by Gasteiger charge is -2.28. The zero-order chi connectivity index (χ0) is 12.8. The highest BCUT2D eigenvalue weighted by molar-refractivity contribution is 5.26. The van der Waals surface area contributed by atoms with Gasteiger partial charge in [0, 0.05) is 19.7 Å². The van der Waals surface area contributed by atoms with E-state index in [-0.39, 0.29) is 0 Å². The summed E-state index contributed by atoms with van der Waals surface area (Å²) in [5.74, 6) is 0.974. The second-order valence-corrected chi connectivity index (χ2v) is 5.52. The Bertz CT molecular complexity index is 360. The molecule has 100 valence electrons. The van der Waals surface area contributed by atoms with Gasteiger partial charge in [0.25, 0.3) is 0 Å². The van der Waals surface area contributed by atoms with Gasteiger partial charge in [-0.3, -0.25) is 0 Å². The molecule has 2 heteroatoms. The Morgan fingerprint density at radius 3 is 2.61 bits per heavy atom. The maximum Gasteiger partial charge on any atom is 0.0716 e. The van der Waals surface area contributed by atoms with E-state index in [1.165, 1.54) is 36.8 Å². The predicted octanol–water partition coefficient (Wildman–Crippen LogP) is 3.50. The van der Waals surface area contributed by atoms with Gasteiger partial charge in [0.2, 0.25) is 0 Å². The molecule has 1 aromatic carbocycles. The molecule has 0 amide bonds. The van der Waals surface area contributed by atoms with Crippen LogP contribution in [0, 0.1) is 5.92 Å². The Labute approximate surface area is 111 Å². The fourth-order valence-electron chi connectivity index (χ4n) is 2.62. The molecule has 1 aromatic rings. The van der Waals surface area contributed by atoms with E-state index in [0.29, 0.717) is 12.6 Å². The van der Waals surface area contributed by atoms with Crippen LogP contribution < -0.4 is 5.32 Å². The summed E-state index contributed by atoms with van der Waals surface area (Å²) in [6.07, 6.45) is 5.64. The van der Waals surface area contributed by atoms with Crippen LogP contribution in [0.5, 0.6) is 0 Å². The van der Waals surface area contributed by atoms with Crippen LogP contribution in [-0.2, 0) is 17.9 Å². The summed E-state index contributed by atoms with van der Waals surface area (Å²) >= 11 is 0. The minimum Gasteiger partial charge on any atom is -0.380 e. The Morgan fingerprint density at radius 2 is 2.00 bits per heavy atom. The van der Waals surface area contributed by atoms with Crippen molar-refractivity contribution in [3.8, 4) is 0 Å². The summed E-state index contributed by atoms with van der Waals surface area (Å²) in [5.41, 5.74) is 2.66. The average Bonchev–Trinajstić information content (AvgIpc) is 2.33. The molecule has 2 rings (SSSR count). The van der Waals surface area contributed by atoms with Gasteiger partial charge in [-0.2, -0.15) is 0 Å². The fourth-order valence-corrected chi connectivity index (χ4v) is 2.62. The van der Waals surface area contributed by atoms with Gasteiger partial charge >= 0.3 is 0 Å². The first-order chi connectivity index (χ1) is 8.79. The van der Waals surface area contributed by atoms with Crippen LogP contribution in [0.25, 0.3) is 0 Å². The number of rotatable bonds is 7. The highest BCUT2D eigenvalue weighted by Gasteiger charge is 2.19. The summed E-state index contributed by atoms with van der Waals surface area (Å²) in [7, 11) is 1.75. The lowest BCUT2D eigenvalue weighted by molar-refractivity contribution is 0.184. The first kappa shape index (κ1) is 13.6. The molecule has 1 aliphatic carbocycles. The molecule has 0 bridgehead atoms. The monoisotopic (exact) mass is 247 g/mol. The topological polar surface area (TPSA) is 21.3 Å². The van der Waals surface area contributed by atoms with Gasteiger partial charge < -0.3 is 10.1 Å². The van der Waals surface area contributed by atoms with Crippen molar-refractivity contribution in [2.45, 2.75) is 51.8 Å². The Hall–Kier alpha value is -0.860. The van der Waals surface area contributed by atoms with Crippen molar-refractivity contribution in [2.24, 2.45) is 5.92 Å². The minimum atomic E-state index is 0.617. The maximum atomic E-state index is 5.24. The maximum absolute atomic E-state index is 5.24. The summed E-state index contributed by atoms with van der Waals surface area (Å²) in [6.45, 7) is 3.96. The highest BCUT2D eigenvalue weighted by Crippen LogP contribution is 2.30.